The number of aliphatic carboxylic acids is 1. The van der Waals surface area contributed by atoms with Crippen molar-refractivity contribution in [3.05, 3.63) is 20.8 Å². The lowest BCUT2D eigenvalue weighted by Crippen LogP contribution is -2.44. The van der Waals surface area contributed by atoms with E-state index >= 15 is 0 Å². The van der Waals surface area contributed by atoms with Crippen LogP contribution in [0.4, 0.5) is 0 Å². The minimum atomic E-state index is -0.855. The summed E-state index contributed by atoms with van der Waals surface area (Å²) < 4.78 is 1.03. The Bertz CT molecular complexity index is 474. The third-order valence-corrected chi connectivity index (χ3v) is 4.92. The van der Waals surface area contributed by atoms with Gasteiger partial charge in [0.05, 0.1) is 22.2 Å². The van der Waals surface area contributed by atoms with E-state index in [4.69, 9.17) is 5.11 Å². The molecule has 18 heavy (non-hydrogen) atoms. The van der Waals surface area contributed by atoms with Gasteiger partial charge in [-0.15, -0.1) is 11.3 Å². The van der Waals surface area contributed by atoms with Crippen molar-refractivity contribution in [1.82, 2.24) is 4.90 Å². The number of nitrogens with zero attached hydrogens (tertiary/aromatic N) is 1. The highest BCUT2D eigenvalue weighted by Crippen LogP contribution is 2.36. The lowest BCUT2D eigenvalue weighted by atomic mass is 9.73. The minimum absolute atomic E-state index is 0.0572. The predicted octanol–water partition coefficient (Wildman–Crippen LogP) is 2.58. The molecule has 1 heterocycles. The van der Waals surface area contributed by atoms with Gasteiger partial charge in [0, 0.05) is 11.9 Å². The Morgan fingerprint density at radius 2 is 2.11 bits per heavy atom. The van der Waals surface area contributed by atoms with Crippen LogP contribution in [0, 0.1) is 11.8 Å². The average molecular weight is 332 g/mol. The quantitative estimate of drug-likeness (QED) is 0.922. The third-order valence-electron chi connectivity index (χ3n) is 3.31. The first kappa shape index (κ1) is 13.5. The van der Waals surface area contributed by atoms with Crippen LogP contribution in [0.2, 0.25) is 0 Å². The van der Waals surface area contributed by atoms with E-state index in [-0.39, 0.29) is 11.8 Å². The fourth-order valence-electron chi connectivity index (χ4n) is 2.12. The Kier molecular flexibility index (Phi) is 4.07. The molecule has 98 valence electrons. The van der Waals surface area contributed by atoms with Crippen LogP contribution >= 0.6 is 27.3 Å². The molecule has 1 aromatic rings. The van der Waals surface area contributed by atoms with Crippen molar-refractivity contribution in [2.75, 3.05) is 7.05 Å². The Hall–Kier alpha value is -0.880. The highest BCUT2D eigenvalue weighted by molar-refractivity contribution is 9.11. The van der Waals surface area contributed by atoms with E-state index in [1.807, 2.05) is 12.1 Å². The van der Waals surface area contributed by atoms with Crippen LogP contribution in [-0.2, 0) is 16.1 Å². The molecule has 2 unspecified atom stereocenters. The van der Waals surface area contributed by atoms with Crippen molar-refractivity contribution in [3.63, 3.8) is 0 Å². The maximum Gasteiger partial charge on any atom is 0.307 e. The normalized spacial score (nSPS) is 22.3. The van der Waals surface area contributed by atoms with Crippen molar-refractivity contribution in [3.8, 4) is 0 Å². The summed E-state index contributed by atoms with van der Waals surface area (Å²) in [6.07, 6.45) is 1.30. The number of hydrogen-bond acceptors (Lipinski definition) is 3. The van der Waals surface area contributed by atoms with Crippen LogP contribution in [0.25, 0.3) is 0 Å². The SMILES string of the molecule is CN(Cc1ccc(Br)s1)C(=O)C1CCC1C(=O)O. The van der Waals surface area contributed by atoms with Crippen LogP contribution in [-0.4, -0.2) is 28.9 Å². The molecule has 0 aliphatic heterocycles. The summed E-state index contributed by atoms with van der Waals surface area (Å²) in [7, 11) is 1.73. The van der Waals surface area contributed by atoms with Crippen molar-refractivity contribution in [2.24, 2.45) is 11.8 Å². The highest BCUT2D eigenvalue weighted by atomic mass is 79.9. The van der Waals surface area contributed by atoms with E-state index in [2.05, 4.69) is 15.9 Å². The lowest BCUT2D eigenvalue weighted by molar-refractivity contribution is -0.156. The van der Waals surface area contributed by atoms with Crippen molar-refractivity contribution >= 4 is 39.1 Å². The molecular weight excluding hydrogens is 318 g/mol. The molecule has 6 heteroatoms. The molecule has 0 spiro atoms. The molecule has 2 rings (SSSR count). The Labute approximate surface area is 118 Å². The molecule has 1 aliphatic carbocycles. The molecular formula is C12H14BrNO3S. The first-order valence-electron chi connectivity index (χ1n) is 5.71. The Morgan fingerprint density at radius 3 is 2.56 bits per heavy atom. The third kappa shape index (κ3) is 2.75. The molecule has 2 atom stereocenters. The number of thiophene rings is 1. The zero-order valence-electron chi connectivity index (χ0n) is 9.93. The van der Waals surface area contributed by atoms with Gasteiger partial charge in [0.15, 0.2) is 0 Å². The van der Waals surface area contributed by atoms with Crippen molar-refractivity contribution < 1.29 is 14.7 Å². The molecule has 1 N–H and O–H groups in total. The molecule has 4 nitrogen and oxygen atoms in total. The number of carbonyl (C=O) groups is 2. The van der Waals surface area contributed by atoms with Gasteiger partial charge in [-0.05, 0) is 40.9 Å². The molecule has 1 aromatic heterocycles. The summed E-state index contributed by atoms with van der Waals surface area (Å²) in [6, 6.07) is 3.91. The molecule has 1 aliphatic rings. The molecule has 0 bridgehead atoms. The zero-order chi connectivity index (χ0) is 13.3. The largest absolute Gasteiger partial charge is 0.481 e. The van der Waals surface area contributed by atoms with Gasteiger partial charge in [0.2, 0.25) is 5.91 Å². The number of carboxylic acid groups (broad SMARTS) is 1. The van der Waals surface area contributed by atoms with Crippen molar-refractivity contribution in [2.45, 2.75) is 19.4 Å². The first-order chi connectivity index (χ1) is 8.49. The van der Waals surface area contributed by atoms with E-state index in [0.717, 1.165) is 8.66 Å². The molecule has 1 amide bonds. The number of halogens is 1. The van der Waals surface area contributed by atoms with Gasteiger partial charge in [0.25, 0.3) is 0 Å². The Balaban J connectivity index is 1.95. The summed E-state index contributed by atoms with van der Waals surface area (Å²) in [4.78, 5) is 25.7. The second-order valence-corrected chi connectivity index (χ2v) is 7.08. The summed E-state index contributed by atoms with van der Waals surface area (Å²) in [6.45, 7) is 0.540. The number of carboxylic acids is 1. The Morgan fingerprint density at radius 1 is 1.44 bits per heavy atom. The second kappa shape index (κ2) is 5.40. The van der Waals surface area contributed by atoms with E-state index < -0.39 is 11.9 Å². The summed E-state index contributed by atoms with van der Waals surface area (Å²) in [5, 5.41) is 8.95. The number of carbonyl (C=O) groups excluding carboxylic acids is 1. The molecule has 1 fully saturated rings. The fraction of sp³-hybridized carbons (Fsp3) is 0.500. The van der Waals surface area contributed by atoms with Crippen LogP contribution in [0.5, 0.6) is 0 Å². The maximum atomic E-state index is 12.1. The van der Waals surface area contributed by atoms with Crippen LogP contribution in [0.3, 0.4) is 0 Å². The number of hydrogen-bond donors (Lipinski definition) is 1. The molecule has 1 saturated carbocycles. The maximum absolute atomic E-state index is 12.1. The minimum Gasteiger partial charge on any atom is -0.481 e. The standard InChI is InChI=1S/C12H14BrNO3S/c1-14(6-7-2-5-10(13)18-7)11(15)8-3-4-9(8)12(16)17/h2,5,8-9H,3-4,6H2,1H3,(H,16,17). The zero-order valence-corrected chi connectivity index (χ0v) is 12.3. The van der Waals surface area contributed by atoms with Crippen LogP contribution < -0.4 is 0 Å². The van der Waals surface area contributed by atoms with Gasteiger partial charge < -0.3 is 10.0 Å². The van der Waals surface area contributed by atoms with E-state index in [1.165, 1.54) is 0 Å². The van der Waals surface area contributed by atoms with E-state index in [0.29, 0.717) is 19.4 Å². The number of rotatable bonds is 4. The van der Waals surface area contributed by atoms with Crippen LogP contribution in [0.1, 0.15) is 17.7 Å². The smallest absolute Gasteiger partial charge is 0.307 e. The van der Waals surface area contributed by atoms with Crippen molar-refractivity contribution in [1.29, 1.82) is 0 Å². The lowest BCUT2D eigenvalue weighted by Gasteiger charge is -2.34. The number of amides is 1. The topological polar surface area (TPSA) is 57.6 Å². The van der Waals surface area contributed by atoms with Gasteiger partial charge in [0.1, 0.15) is 0 Å². The highest BCUT2D eigenvalue weighted by Gasteiger charge is 2.42. The van der Waals surface area contributed by atoms with Gasteiger partial charge in [-0.1, -0.05) is 0 Å². The van der Waals surface area contributed by atoms with Gasteiger partial charge >= 0.3 is 5.97 Å². The summed E-state index contributed by atoms with van der Waals surface area (Å²) in [5.74, 6) is -1.74. The summed E-state index contributed by atoms with van der Waals surface area (Å²) >= 11 is 4.96. The second-order valence-electron chi connectivity index (χ2n) is 4.53. The fourth-order valence-corrected chi connectivity index (χ4v) is 3.66. The molecule has 0 radical (unpaired) electrons. The van der Waals surface area contributed by atoms with Gasteiger partial charge in [-0.3, -0.25) is 9.59 Å². The van der Waals surface area contributed by atoms with Crippen LogP contribution in [0.15, 0.2) is 15.9 Å². The predicted molar refractivity (Wildman–Crippen MR) is 72.3 cm³/mol. The summed E-state index contributed by atoms with van der Waals surface area (Å²) in [5.41, 5.74) is 0. The monoisotopic (exact) mass is 331 g/mol. The van der Waals surface area contributed by atoms with Gasteiger partial charge in [-0.2, -0.15) is 0 Å². The van der Waals surface area contributed by atoms with E-state index in [9.17, 15) is 9.59 Å². The molecule has 0 saturated heterocycles. The molecule has 0 aromatic carbocycles. The van der Waals surface area contributed by atoms with E-state index in [1.54, 1.807) is 23.3 Å². The first-order valence-corrected chi connectivity index (χ1v) is 7.32. The van der Waals surface area contributed by atoms with Gasteiger partial charge in [-0.25, -0.2) is 0 Å². The average Bonchev–Trinajstić information content (AvgIpc) is 2.61.